The minimum absolute atomic E-state index is 0.0138. The van der Waals surface area contributed by atoms with Crippen molar-refractivity contribution >= 4 is 5.91 Å². The number of hydrogen-bond acceptors (Lipinski definition) is 2. The molecule has 3 heteroatoms. The topological polar surface area (TPSA) is 46.3 Å². The van der Waals surface area contributed by atoms with Crippen LogP contribution < -0.4 is 5.73 Å². The van der Waals surface area contributed by atoms with Crippen LogP contribution in [-0.2, 0) is 4.79 Å². The fourth-order valence-corrected chi connectivity index (χ4v) is 2.55. The summed E-state index contributed by atoms with van der Waals surface area (Å²) in [4.78, 5) is 14.4. The van der Waals surface area contributed by atoms with Crippen LogP contribution in [0.25, 0.3) is 0 Å². The highest BCUT2D eigenvalue weighted by atomic mass is 16.2. The summed E-state index contributed by atoms with van der Waals surface area (Å²) in [6, 6.07) is 0.256. The van der Waals surface area contributed by atoms with Crippen molar-refractivity contribution in [3.8, 4) is 0 Å². The molecule has 2 N–H and O–H groups in total. The lowest BCUT2D eigenvalue weighted by molar-refractivity contribution is -0.137. The van der Waals surface area contributed by atoms with Crippen LogP contribution in [0.4, 0.5) is 0 Å². The molecule has 98 valence electrons. The van der Waals surface area contributed by atoms with Crippen LogP contribution >= 0.6 is 0 Å². The number of carbonyl (C=O) groups excluding carboxylic acids is 1. The second-order valence-corrected chi connectivity index (χ2v) is 5.28. The Hall–Kier alpha value is -0.830. The molecule has 1 amide bonds. The highest BCUT2D eigenvalue weighted by Crippen LogP contribution is 2.24. The smallest absolute Gasteiger partial charge is 0.227 e. The second-order valence-electron chi connectivity index (χ2n) is 5.28. The maximum Gasteiger partial charge on any atom is 0.227 e. The molecule has 0 radical (unpaired) electrons. The van der Waals surface area contributed by atoms with E-state index in [0.29, 0.717) is 6.54 Å². The fraction of sp³-hybridized carbons (Fsp3) is 0.786. The van der Waals surface area contributed by atoms with Gasteiger partial charge in [-0.05, 0) is 26.7 Å². The van der Waals surface area contributed by atoms with Crippen molar-refractivity contribution in [2.24, 2.45) is 11.7 Å². The van der Waals surface area contributed by atoms with E-state index in [0.717, 1.165) is 25.7 Å². The molecule has 0 aliphatic heterocycles. The molecule has 2 atom stereocenters. The minimum Gasteiger partial charge on any atom is -0.336 e. The largest absolute Gasteiger partial charge is 0.336 e. The summed E-state index contributed by atoms with van der Waals surface area (Å²) in [7, 11) is 0. The first-order chi connectivity index (χ1) is 8.07. The van der Waals surface area contributed by atoms with Gasteiger partial charge in [0.15, 0.2) is 0 Å². The molecular weight excluding hydrogens is 212 g/mol. The average Bonchev–Trinajstić information content (AvgIpc) is 2.49. The van der Waals surface area contributed by atoms with E-state index >= 15 is 0 Å². The zero-order valence-electron chi connectivity index (χ0n) is 11.2. The summed E-state index contributed by atoms with van der Waals surface area (Å²) in [6.07, 6.45) is 7.22. The normalized spacial score (nSPS) is 25.4. The number of hydrogen-bond donors (Lipinski definition) is 1. The highest BCUT2D eigenvalue weighted by Gasteiger charge is 2.31. The van der Waals surface area contributed by atoms with Crippen LogP contribution in [0.5, 0.6) is 0 Å². The first-order valence-electron chi connectivity index (χ1n) is 6.75. The van der Waals surface area contributed by atoms with Gasteiger partial charge in [0.25, 0.3) is 0 Å². The van der Waals surface area contributed by atoms with Crippen molar-refractivity contribution in [3.63, 3.8) is 0 Å². The predicted molar refractivity (Wildman–Crippen MR) is 71.6 cm³/mol. The lowest BCUT2D eigenvalue weighted by atomic mass is 9.93. The number of rotatable bonds is 4. The maximum atomic E-state index is 12.5. The Bertz CT molecular complexity index is 263. The molecule has 2 unspecified atom stereocenters. The van der Waals surface area contributed by atoms with Crippen molar-refractivity contribution in [1.82, 2.24) is 4.90 Å². The monoisotopic (exact) mass is 238 g/mol. The summed E-state index contributed by atoms with van der Waals surface area (Å²) in [5.41, 5.74) is 6.14. The molecule has 1 rings (SSSR count). The molecule has 3 nitrogen and oxygen atoms in total. The number of carbonyl (C=O) groups is 1. The first-order valence-corrected chi connectivity index (χ1v) is 6.75. The molecule has 0 spiro atoms. The van der Waals surface area contributed by atoms with E-state index < -0.39 is 0 Å². The Morgan fingerprint density at radius 1 is 1.41 bits per heavy atom. The molecule has 0 heterocycles. The van der Waals surface area contributed by atoms with Gasteiger partial charge >= 0.3 is 0 Å². The first kappa shape index (κ1) is 14.2. The van der Waals surface area contributed by atoms with E-state index in [-0.39, 0.29) is 23.9 Å². The third-order valence-electron chi connectivity index (χ3n) is 3.62. The third kappa shape index (κ3) is 3.84. The van der Waals surface area contributed by atoms with E-state index in [1.807, 2.05) is 18.7 Å². The van der Waals surface area contributed by atoms with Gasteiger partial charge in [0, 0.05) is 18.6 Å². The van der Waals surface area contributed by atoms with E-state index in [4.69, 9.17) is 5.73 Å². The van der Waals surface area contributed by atoms with Gasteiger partial charge in [-0.15, -0.1) is 6.58 Å². The van der Waals surface area contributed by atoms with Crippen LogP contribution in [0.2, 0.25) is 0 Å². The van der Waals surface area contributed by atoms with Gasteiger partial charge in [-0.25, -0.2) is 0 Å². The molecule has 0 saturated heterocycles. The van der Waals surface area contributed by atoms with Gasteiger partial charge in [-0.1, -0.05) is 25.3 Å². The molecule has 0 aromatic heterocycles. The van der Waals surface area contributed by atoms with Crippen molar-refractivity contribution in [2.45, 2.75) is 58.0 Å². The van der Waals surface area contributed by atoms with Gasteiger partial charge in [-0.2, -0.15) is 0 Å². The SMILES string of the molecule is C=CCN(C(=O)C1CCCCCC1N)C(C)C. The van der Waals surface area contributed by atoms with Crippen LogP contribution in [0.3, 0.4) is 0 Å². The molecule has 1 aliphatic rings. The van der Waals surface area contributed by atoms with Crippen molar-refractivity contribution in [1.29, 1.82) is 0 Å². The van der Waals surface area contributed by atoms with Crippen LogP contribution in [0.1, 0.15) is 46.0 Å². The van der Waals surface area contributed by atoms with Gasteiger partial charge in [0.05, 0.1) is 5.92 Å². The van der Waals surface area contributed by atoms with Crippen LogP contribution in [-0.4, -0.2) is 29.4 Å². The Morgan fingerprint density at radius 3 is 2.65 bits per heavy atom. The van der Waals surface area contributed by atoms with E-state index in [1.54, 1.807) is 6.08 Å². The molecule has 0 bridgehead atoms. The summed E-state index contributed by atoms with van der Waals surface area (Å²) in [5.74, 6) is 0.231. The van der Waals surface area contributed by atoms with Crippen molar-refractivity contribution in [2.75, 3.05) is 6.54 Å². The summed E-state index contributed by atoms with van der Waals surface area (Å²) in [6.45, 7) is 8.44. The quantitative estimate of drug-likeness (QED) is 0.603. The molecule has 0 aromatic rings. The highest BCUT2D eigenvalue weighted by molar-refractivity contribution is 5.80. The van der Waals surface area contributed by atoms with Gasteiger partial charge < -0.3 is 10.6 Å². The fourth-order valence-electron chi connectivity index (χ4n) is 2.55. The third-order valence-corrected chi connectivity index (χ3v) is 3.62. The van der Waals surface area contributed by atoms with Crippen molar-refractivity contribution in [3.05, 3.63) is 12.7 Å². The maximum absolute atomic E-state index is 12.5. The predicted octanol–water partition coefficient (Wildman–Crippen LogP) is 2.32. The van der Waals surface area contributed by atoms with Crippen LogP contribution in [0.15, 0.2) is 12.7 Å². The van der Waals surface area contributed by atoms with Crippen molar-refractivity contribution < 1.29 is 4.79 Å². The summed E-state index contributed by atoms with van der Waals surface area (Å²) >= 11 is 0. The molecule has 17 heavy (non-hydrogen) atoms. The van der Waals surface area contributed by atoms with E-state index in [2.05, 4.69) is 6.58 Å². The summed E-state index contributed by atoms with van der Waals surface area (Å²) in [5, 5.41) is 0. The van der Waals surface area contributed by atoms with Crippen LogP contribution in [0, 0.1) is 5.92 Å². The lowest BCUT2D eigenvalue weighted by Gasteiger charge is -2.31. The molecule has 0 aromatic carbocycles. The lowest BCUT2D eigenvalue weighted by Crippen LogP contribution is -2.46. The zero-order chi connectivity index (χ0) is 12.8. The van der Waals surface area contributed by atoms with Gasteiger partial charge in [0.2, 0.25) is 5.91 Å². The average molecular weight is 238 g/mol. The number of amides is 1. The number of nitrogens with two attached hydrogens (primary N) is 1. The van der Waals surface area contributed by atoms with E-state index in [9.17, 15) is 4.79 Å². The molecular formula is C14H26N2O. The standard InChI is InChI=1S/C14H26N2O/c1-4-10-16(11(2)3)14(17)12-8-6-5-7-9-13(12)15/h4,11-13H,1,5-10,15H2,2-3H3. The Kier molecular flexibility index (Phi) is 5.69. The number of nitrogens with zero attached hydrogens (tertiary/aromatic N) is 1. The Morgan fingerprint density at radius 2 is 2.06 bits per heavy atom. The second kappa shape index (κ2) is 6.80. The Balaban J connectivity index is 2.73. The van der Waals surface area contributed by atoms with E-state index in [1.165, 1.54) is 6.42 Å². The summed E-state index contributed by atoms with van der Waals surface area (Å²) < 4.78 is 0. The molecule has 1 aliphatic carbocycles. The van der Waals surface area contributed by atoms with Gasteiger partial charge in [-0.3, -0.25) is 4.79 Å². The van der Waals surface area contributed by atoms with Gasteiger partial charge in [0.1, 0.15) is 0 Å². The Labute approximate surface area is 105 Å². The molecule has 1 fully saturated rings. The zero-order valence-corrected chi connectivity index (χ0v) is 11.2. The molecule has 1 saturated carbocycles. The minimum atomic E-state index is 0.0138.